The lowest BCUT2D eigenvalue weighted by Crippen LogP contribution is -2.28. The fraction of sp³-hybridized carbons (Fsp3) is 0.533. The zero-order chi connectivity index (χ0) is 13.5. The van der Waals surface area contributed by atoms with Crippen LogP contribution in [0.25, 0.3) is 0 Å². The normalized spacial score (nSPS) is 12.4. The van der Waals surface area contributed by atoms with Gasteiger partial charge in [0.2, 0.25) is 5.91 Å². The van der Waals surface area contributed by atoms with E-state index in [4.69, 9.17) is 5.73 Å². The number of benzene rings is 1. The number of nitrogens with one attached hydrogen (secondary N) is 1. The van der Waals surface area contributed by atoms with Crippen molar-refractivity contribution in [3.8, 4) is 0 Å². The first kappa shape index (κ1) is 14.6. The molecule has 3 heteroatoms. The average Bonchev–Trinajstić information content (AvgIpc) is 2.31. The third-order valence-electron chi connectivity index (χ3n) is 3.36. The lowest BCUT2D eigenvalue weighted by molar-refractivity contribution is -0.122. The zero-order valence-electron chi connectivity index (χ0n) is 11.6. The van der Waals surface area contributed by atoms with E-state index in [1.807, 2.05) is 24.3 Å². The number of hydrogen-bond acceptors (Lipinski definition) is 2. The van der Waals surface area contributed by atoms with Crippen LogP contribution >= 0.6 is 0 Å². The fourth-order valence-corrected chi connectivity index (χ4v) is 1.63. The van der Waals surface area contributed by atoms with Gasteiger partial charge in [-0.3, -0.25) is 4.79 Å². The lowest BCUT2D eigenvalue weighted by atomic mass is 9.94. The summed E-state index contributed by atoms with van der Waals surface area (Å²) in [7, 11) is 0. The molecule has 0 heterocycles. The average molecular weight is 248 g/mol. The Morgan fingerprint density at radius 1 is 1.22 bits per heavy atom. The molecule has 18 heavy (non-hydrogen) atoms. The van der Waals surface area contributed by atoms with Gasteiger partial charge in [-0.15, -0.1) is 0 Å². The van der Waals surface area contributed by atoms with Crippen LogP contribution in [0.4, 0.5) is 5.69 Å². The third-order valence-corrected chi connectivity index (χ3v) is 3.36. The Kier molecular flexibility index (Phi) is 5.69. The van der Waals surface area contributed by atoms with E-state index in [0.717, 1.165) is 12.1 Å². The second kappa shape index (κ2) is 7.04. The van der Waals surface area contributed by atoms with Gasteiger partial charge in [0.25, 0.3) is 0 Å². The second-order valence-corrected chi connectivity index (χ2v) is 5.27. The molecular formula is C15H24N2O. The van der Waals surface area contributed by atoms with E-state index in [9.17, 15) is 4.79 Å². The van der Waals surface area contributed by atoms with Gasteiger partial charge >= 0.3 is 0 Å². The summed E-state index contributed by atoms with van der Waals surface area (Å²) in [5.74, 6) is 1.13. The summed E-state index contributed by atoms with van der Waals surface area (Å²) in [4.78, 5) is 11.7. The molecule has 0 aliphatic carbocycles. The van der Waals surface area contributed by atoms with Crippen molar-refractivity contribution in [2.45, 2.75) is 33.6 Å². The van der Waals surface area contributed by atoms with Gasteiger partial charge in [-0.2, -0.15) is 0 Å². The van der Waals surface area contributed by atoms with Crippen LogP contribution in [0.2, 0.25) is 0 Å². The van der Waals surface area contributed by atoms with Crippen molar-refractivity contribution in [2.24, 2.45) is 11.8 Å². The van der Waals surface area contributed by atoms with Gasteiger partial charge in [0.1, 0.15) is 0 Å². The molecule has 100 valence electrons. The van der Waals surface area contributed by atoms with Gasteiger partial charge < -0.3 is 11.1 Å². The van der Waals surface area contributed by atoms with Crippen LogP contribution in [0.1, 0.15) is 32.8 Å². The first-order valence-electron chi connectivity index (χ1n) is 6.60. The first-order chi connectivity index (χ1) is 8.49. The first-order valence-corrected chi connectivity index (χ1v) is 6.60. The molecule has 0 fully saturated rings. The highest BCUT2D eigenvalue weighted by molar-refractivity contribution is 5.76. The van der Waals surface area contributed by atoms with Crippen molar-refractivity contribution in [3.63, 3.8) is 0 Å². The molecule has 0 saturated heterocycles. The molecule has 3 N–H and O–H groups in total. The van der Waals surface area contributed by atoms with E-state index in [0.29, 0.717) is 24.8 Å². The highest BCUT2D eigenvalue weighted by Crippen LogP contribution is 2.13. The van der Waals surface area contributed by atoms with Crippen molar-refractivity contribution >= 4 is 11.6 Å². The largest absolute Gasteiger partial charge is 0.399 e. The monoisotopic (exact) mass is 248 g/mol. The minimum Gasteiger partial charge on any atom is -0.399 e. The standard InChI is InChI=1S/C15H24N2O/c1-11(2)12(3)10-15(18)17-9-8-13-4-6-14(16)7-5-13/h4-7,11-12H,8-10,16H2,1-3H3,(H,17,18). The third kappa shape index (κ3) is 5.21. The molecule has 1 rings (SSSR count). The van der Waals surface area contributed by atoms with Crippen molar-refractivity contribution in [2.75, 3.05) is 12.3 Å². The highest BCUT2D eigenvalue weighted by Gasteiger charge is 2.11. The summed E-state index contributed by atoms with van der Waals surface area (Å²) in [6, 6.07) is 7.77. The quantitative estimate of drug-likeness (QED) is 0.760. The number of amides is 1. The zero-order valence-corrected chi connectivity index (χ0v) is 11.6. The Balaban J connectivity index is 2.25. The molecule has 0 radical (unpaired) electrons. The number of rotatable bonds is 6. The fourth-order valence-electron chi connectivity index (χ4n) is 1.63. The van der Waals surface area contributed by atoms with E-state index >= 15 is 0 Å². The van der Waals surface area contributed by atoms with Gasteiger partial charge in [-0.1, -0.05) is 32.9 Å². The van der Waals surface area contributed by atoms with Gasteiger partial charge in [-0.25, -0.2) is 0 Å². The SMILES string of the molecule is CC(C)C(C)CC(=O)NCCc1ccc(N)cc1. The van der Waals surface area contributed by atoms with E-state index in [1.54, 1.807) is 0 Å². The number of nitrogen functional groups attached to an aromatic ring is 1. The Morgan fingerprint density at radius 2 is 1.83 bits per heavy atom. The number of carbonyl (C=O) groups excluding carboxylic acids is 1. The van der Waals surface area contributed by atoms with Gasteiger partial charge in [0.05, 0.1) is 0 Å². The van der Waals surface area contributed by atoms with Crippen LogP contribution in [0.3, 0.4) is 0 Å². The molecule has 0 aliphatic rings. The summed E-state index contributed by atoms with van der Waals surface area (Å²) < 4.78 is 0. The van der Waals surface area contributed by atoms with E-state index in [1.165, 1.54) is 5.56 Å². The molecule has 0 saturated carbocycles. The molecule has 0 aliphatic heterocycles. The summed E-state index contributed by atoms with van der Waals surface area (Å²) in [6.45, 7) is 7.09. The second-order valence-electron chi connectivity index (χ2n) is 5.27. The van der Waals surface area contributed by atoms with E-state index < -0.39 is 0 Å². The van der Waals surface area contributed by atoms with Crippen LogP contribution in [-0.2, 0) is 11.2 Å². The summed E-state index contributed by atoms with van der Waals surface area (Å²) >= 11 is 0. The maximum Gasteiger partial charge on any atom is 0.220 e. The Labute approximate surface area is 110 Å². The van der Waals surface area contributed by atoms with Crippen LogP contribution in [0.5, 0.6) is 0 Å². The molecule has 3 nitrogen and oxygen atoms in total. The minimum atomic E-state index is 0.145. The Bertz CT molecular complexity index is 371. The number of carbonyl (C=O) groups is 1. The lowest BCUT2D eigenvalue weighted by Gasteiger charge is -2.14. The van der Waals surface area contributed by atoms with Crippen LogP contribution < -0.4 is 11.1 Å². The van der Waals surface area contributed by atoms with Gasteiger partial charge in [-0.05, 0) is 36.0 Å². The van der Waals surface area contributed by atoms with Gasteiger partial charge in [0.15, 0.2) is 0 Å². The summed E-state index contributed by atoms with van der Waals surface area (Å²) in [6.07, 6.45) is 1.46. The number of hydrogen-bond donors (Lipinski definition) is 2. The molecule has 1 amide bonds. The van der Waals surface area contributed by atoms with Crippen LogP contribution in [0.15, 0.2) is 24.3 Å². The maximum atomic E-state index is 11.7. The summed E-state index contributed by atoms with van der Waals surface area (Å²) in [5.41, 5.74) is 7.58. The molecule has 1 unspecified atom stereocenters. The van der Waals surface area contributed by atoms with Crippen LogP contribution in [-0.4, -0.2) is 12.5 Å². The summed E-state index contributed by atoms with van der Waals surface area (Å²) in [5, 5.41) is 2.96. The predicted octanol–water partition coefficient (Wildman–Crippen LogP) is 2.61. The van der Waals surface area contributed by atoms with Crippen molar-refractivity contribution < 1.29 is 4.79 Å². The number of nitrogens with two attached hydrogens (primary N) is 1. The van der Waals surface area contributed by atoms with Gasteiger partial charge in [0, 0.05) is 18.7 Å². The smallest absolute Gasteiger partial charge is 0.220 e. The molecule has 1 aromatic carbocycles. The molecule has 0 aromatic heterocycles. The maximum absolute atomic E-state index is 11.7. The molecular weight excluding hydrogens is 224 g/mol. The molecule has 0 spiro atoms. The molecule has 0 bridgehead atoms. The van der Waals surface area contributed by atoms with E-state index in [-0.39, 0.29) is 5.91 Å². The van der Waals surface area contributed by atoms with E-state index in [2.05, 4.69) is 26.1 Å². The topological polar surface area (TPSA) is 55.1 Å². The van der Waals surface area contributed by atoms with Crippen LogP contribution in [0, 0.1) is 11.8 Å². The Hall–Kier alpha value is -1.51. The predicted molar refractivity (Wildman–Crippen MR) is 76.2 cm³/mol. The van der Waals surface area contributed by atoms with Crippen molar-refractivity contribution in [1.82, 2.24) is 5.32 Å². The van der Waals surface area contributed by atoms with Crippen molar-refractivity contribution in [1.29, 1.82) is 0 Å². The minimum absolute atomic E-state index is 0.145. The van der Waals surface area contributed by atoms with Crippen molar-refractivity contribution in [3.05, 3.63) is 29.8 Å². The Morgan fingerprint density at radius 3 is 2.39 bits per heavy atom. The molecule has 1 aromatic rings. The number of anilines is 1. The highest BCUT2D eigenvalue weighted by atomic mass is 16.1. The molecule has 1 atom stereocenters.